The molecule has 2 saturated carbocycles. The van der Waals surface area contributed by atoms with Gasteiger partial charge in [-0.2, -0.15) is 0 Å². The molecular weight excluding hydrogens is 420 g/mol. The first-order valence-electron chi connectivity index (χ1n) is 11.8. The highest BCUT2D eigenvalue weighted by Crippen LogP contribution is 2.48. The lowest BCUT2D eigenvalue weighted by atomic mass is 9.60. The third kappa shape index (κ3) is 11.8. The molecule has 4 atom stereocenters. The Balaban J connectivity index is 0.000000467. The Bertz CT molecular complexity index is 715. The number of carboxylic acids is 1. The van der Waals surface area contributed by atoms with Crippen LogP contribution in [0.5, 0.6) is 0 Å². The van der Waals surface area contributed by atoms with Crippen molar-refractivity contribution in [3.63, 3.8) is 0 Å². The van der Waals surface area contributed by atoms with E-state index >= 15 is 0 Å². The summed E-state index contributed by atoms with van der Waals surface area (Å²) in [6.07, 6.45) is 14.6. The van der Waals surface area contributed by atoms with Crippen LogP contribution in [0.15, 0.2) is 23.8 Å². The molecule has 0 bridgehead atoms. The molecule has 1 N–H and O–H groups in total. The summed E-state index contributed by atoms with van der Waals surface area (Å²) in [5.74, 6) is 4.45. The van der Waals surface area contributed by atoms with E-state index in [1.54, 1.807) is 25.5 Å². The standard InChI is InChI=1S/C14H24.C5H8O4.C5H6O2.C3H4/c1-4-12-11(3)8-9-13-10(2)6-5-7-14(12)13;1-9-5(8)3-2-4(6)7;1-4-2-3-7-5(4)6;1-3-2/h10,12-14H,3-9H2,1-2H3;2-3H2,1H3,(H,6,7);2H,3H2,1H3;1H,2H3. The summed E-state index contributed by atoms with van der Waals surface area (Å²) in [4.78, 5) is 30.3. The van der Waals surface area contributed by atoms with Gasteiger partial charge in [-0.1, -0.05) is 38.8 Å². The second-order valence-electron chi connectivity index (χ2n) is 8.69. The number of esters is 2. The normalized spacial score (nSPS) is 25.0. The molecule has 0 spiro atoms. The Kier molecular flexibility index (Phi) is 15.7. The summed E-state index contributed by atoms with van der Waals surface area (Å²) >= 11 is 0. The summed E-state index contributed by atoms with van der Waals surface area (Å²) in [5.41, 5.74) is 2.28. The molecule has 1 aliphatic heterocycles. The number of methoxy groups -OCH3 is 1. The van der Waals surface area contributed by atoms with Gasteiger partial charge in [0.1, 0.15) is 6.61 Å². The van der Waals surface area contributed by atoms with Crippen LogP contribution in [0.2, 0.25) is 0 Å². The van der Waals surface area contributed by atoms with E-state index in [2.05, 4.69) is 42.2 Å². The molecule has 3 rings (SSSR count). The molecule has 6 nitrogen and oxygen atoms in total. The van der Waals surface area contributed by atoms with E-state index in [9.17, 15) is 14.4 Å². The number of ether oxygens (including phenoxy) is 2. The highest BCUT2D eigenvalue weighted by Gasteiger charge is 2.38. The van der Waals surface area contributed by atoms with E-state index in [-0.39, 0.29) is 18.8 Å². The minimum absolute atomic E-state index is 0.0498. The number of carbonyl (C=O) groups excluding carboxylic acids is 2. The summed E-state index contributed by atoms with van der Waals surface area (Å²) < 4.78 is 8.73. The van der Waals surface area contributed by atoms with Crippen LogP contribution in [0, 0.1) is 36.0 Å². The molecule has 3 aliphatic rings. The summed E-state index contributed by atoms with van der Waals surface area (Å²) in [6, 6.07) is 0. The van der Waals surface area contributed by atoms with Crippen LogP contribution in [0.1, 0.15) is 79.1 Å². The van der Waals surface area contributed by atoms with Gasteiger partial charge in [0.05, 0.1) is 20.0 Å². The van der Waals surface area contributed by atoms with Gasteiger partial charge >= 0.3 is 17.9 Å². The molecule has 186 valence electrons. The fraction of sp³-hybridized carbons (Fsp3) is 0.667. The SMILES string of the molecule is C#CC.C=C1CCC2C(C)CCCC2C1CC.CC1=CCOC1=O.COC(=O)CCC(=O)O. The van der Waals surface area contributed by atoms with E-state index < -0.39 is 11.9 Å². The lowest BCUT2D eigenvalue weighted by Crippen LogP contribution is -2.36. The number of aliphatic carboxylic acids is 1. The summed E-state index contributed by atoms with van der Waals surface area (Å²) in [6.45, 7) is 13.0. The van der Waals surface area contributed by atoms with Gasteiger partial charge in [-0.25, -0.2) is 4.79 Å². The zero-order valence-electron chi connectivity index (χ0n) is 21.0. The van der Waals surface area contributed by atoms with E-state index in [1.165, 1.54) is 45.6 Å². The van der Waals surface area contributed by atoms with Crippen molar-refractivity contribution in [1.29, 1.82) is 0 Å². The molecule has 4 unspecified atom stereocenters. The topological polar surface area (TPSA) is 89.9 Å². The van der Waals surface area contributed by atoms with Crippen molar-refractivity contribution in [1.82, 2.24) is 0 Å². The lowest BCUT2D eigenvalue weighted by molar-refractivity contribution is -0.145. The first kappa shape index (κ1) is 30.4. The number of hydrogen-bond donors (Lipinski definition) is 1. The van der Waals surface area contributed by atoms with Crippen LogP contribution >= 0.6 is 0 Å². The minimum atomic E-state index is -0.986. The maximum Gasteiger partial charge on any atom is 0.333 e. The van der Waals surface area contributed by atoms with Gasteiger partial charge in [-0.15, -0.1) is 12.3 Å². The second-order valence-corrected chi connectivity index (χ2v) is 8.69. The van der Waals surface area contributed by atoms with Crippen molar-refractivity contribution >= 4 is 17.9 Å². The molecule has 2 aliphatic carbocycles. The second kappa shape index (κ2) is 17.0. The van der Waals surface area contributed by atoms with E-state index in [0.29, 0.717) is 6.61 Å². The van der Waals surface area contributed by atoms with E-state index in [0.717, 1.165) is 29.2 Å². The average molecular weight is 463 g/mol. The van der Waals surface area contributed by atoms with Gasteiger partial charge in [0.25, 0.3) is 0 Å². The van der Waals surface area contributed by atoms with Crippen molar-refractivity contribution in [3.05, 3.63) is 23.8 Å². The fourth-order valence-corrected chi connectivity index (χ4v) is 4.71. The first-order valence-corrected chi connectivity index (χ1v) is 11.8. The van der Waals surface area contributed by atoms with Crippen molar-refractivity contribution in [2.24, 2.45) is 23.7 Å². The van der Waals surface area contributed by atoms with Gasteiger partial charge in [-0.05, 0) is 69.3 Å². The summed E-state index contributed by atoms with van der Waals surface area (Å²) in [7, 11) is 1.23. The number of terminal acetylenes is 1. The Morgan fingerprint density at radius 1 is 1.27 bits per heavy atom. The van der Waals surface area contributed by atoms with Crippen LogP contribution in [0.25, 0.3) is 0 Å². The van der Waals surface area contributed by atoms with Crippen LogP contribution in [0.4, 0.5) is 0 Å². The van der Waals surface area contributed by atoms with E-state index in [4.69, 9.17) is 5.11 Å². The lowest BCUT2D eigenvalue weighted by Gasteiger charge is -2.45. The fourth-order valence-electron chi connectivity index (χ4n) is 4.71. The zero-order valence-corrected chi connectivity index (χ0v) is 21.0. The first-order chi connectivity index (χ1) is 15.6. The molecule has 0 aromatic carbocycles. The molecule has 0 aromatic heterocycles. The molecule has 6 heteroatoms. The molecule has 1 heterocycles. The number of rotatable bonds is 4. The van der Waals surface area contributed by atoms with Gasteiger partial charge in [-0.3, -0.25) is 9.59 Å². The third-order valence-electron chi connectivity index (χ3n) is 6.45. The molecule has 0 radical (unpaired) electrons. The smallest absolute Gasteiger partial charge is 0.333 e. The van der Waals surface area contributed by atoms with Crippen LogP contribution in [0.3, 0.4) is 0 Å². The maximum absolute atomic E-state index is 10.3. The predicted octanol–water partition coefficient (Wildman–Crippen LogP) is 5.57. The zero-order chi connectivity index (χ0) is 25.4. The van der Waals surface area contributed by atoms with Crippen molar-refractivity contribution in [3.8, 4) is 12.3 Å². The monoisotopic (exact) mass is 462 g/mol. The Labute approximate surface area is 199 Å². The Hall–Kier alpha value is -2.55. The number of cyclic esters (lactones) is 1. The third-order valence-corrected chi connectivity index (χ3v) is 6.45. The number of allylic oxidation sites excluding steroid dienone is 1. The van der Waals surface area contributed by atoms with Crippen molar-refractivity contribution in [2.75, 3.05) is 13.7 Å². The van der Waals surface area contributed by atoms with Gasteiger partial charge in [0.2, 0.25) is 0 Å². The van der Waals surface area contributed by atoms with Crippen molar-refractivity contribution < 1.29 is 29.0 Å². The molecule has 0 aromatic rings. The Morgan fingerprint density at radius 3 is 2.33 bits per heavy atom. The molecule has 0 saturated heterocycles. The highest BCUT2D eigenvalue weighted by molar-refractivity contribution is 5.89. The van der Waals surface area contributed by atoms with Crippen LogP contribution in [-0.2, 0) is 23.9 Å². The molecule has 0 amide bonds. The number of hydrogen-bond acceptors (Lipinski definition) is 5. The summed E-state index contributed by atoms with van der Waals surface area (Å²) in [5, 5.41) is 8.05. The van der Waals surface area contributed by atoms with Gasteiger partial charge in [0.15, 0.2) is 0 Å². The van der Waals surface area contributed by atoms with Crippen molar-refractivity contribution in [2.45, 2.75) is 79.1 Å². The predicted molar refractivity (Wildman–Crippen MR) is 130 cm³/mol. The number of carbonyl (C=O) groups is 3. The minimum Gasteiger partial charge on any atom is -0.481 e. The highest BCUT2D eigenvalue weighted by atomic mass is 16.5. The largest absolute Gasteiger partial charge is 0.481 e. The maximum atomic E-state index is 10.3. The molecule has 2 fully saturated rings. The van der Waals surface area contributed by atoms with E-state index in [1.807, 2.05) is 0 Å². The molecule has 33 heavy (non-hydrogen) atoms. The average Bonchev–Trinajstić information content (AvgIpc) is 3.16. The quantitative estimate of drug-likeness (QED) is 0.334. The number of carboxylic acid groups (broad SMARTS) is 1. The van der Waals surface area contributed by atoms with Gasteiger partial charge < -0.3 is 14.6 Å². The van der Waals surface area contributed by atoms with Gasteiger partial charge in [0, 0.05) is 5.57 Å². The molecular formula is C27H42O6. The van der Waals surface area contributed by atoms with Crippen LogP contribution in [-0.4, -0.2) is 36.7 Å². The number of fused-ring (bicyclic) bond motifs is 1. The van der Waals surface area contributed by atoms with Crippen LogP contribution < -0.4 is 0 Å². The Morgan fingerprint density at radius 2 is 1.91 bits per heavy atom.